The van der Waals surface area contributed by atoms with E-state index in [0.29, 0.717) is 72.4 Å². The SMILES string of the molecule is CCc1ccc(O)c(CN(Cc2cc(CC)ccc2OC(=O)c2ccc(C(=O)Oc3ccc(CC)cc3CN(Cc3cc(CC)ccc3O)C3CCCCC3)cc2)C2CCCCC2)c1. The second-order valence-electron chi connectivity index (χ2n) is 18.0. The molecule has 0 atom stereocenters. The molecule has 7 rings (SSSR count). The van der Waals surface area contributed by atoms with Crippen molar-refractivity contribution in [2.45, 2.75) is 156 Å². The van der Waals surface area contributed by atoms with E-state index in [-0.39, 0.29) is 0 Å². The van der Waals surface area contributed by atoms with Gasteiger partial charge in [-0.05, 0) is 122 Å². The van der Waals surface area contributed by atoms with Gasteiger partial charge in [0, 0.05) is 60.5 Å². The molecule has 2 aliphatic rings. The van der Waals surface area contributed by atoms with Crippen LogP contribution in [-0.4, -0.2) is 44.0 Å². The fraction of sp³-hybridized carbons (Fsp3) is 0.429. The van der Waals surface area contributed by atoms with Crippen molar-refractivity contribution < 1.29 is 29.3 Å². The molecule has 2 N–H and O–H groups in total. The molecule has 0 heterocycles. The Hall–Kier alpha value is -5.44. The van der Waals surface area contributed by atoms with Gasteiger partial charge in [-0.25, -0.2) is 9.59 Å². The molecule has 338 valence electrons. The smallest absolute Gasteiger partial charge is 0.343 e. The lowest BCUT2D eigenvalue weighted by molar-refractivity contribution is 0.0714. The fourth-order valence-electron chi connectivity index (χ4n) is 9.58. The van der Waals surface area contributed by atoms with Gasteiger partial charge in [0.15, 0.2) is 0 Å². The summed E-state index contributed by atoms with van der Waals surface area (Å²) in [5.74, 6) is 0.633. The number of carbonyl (C=O) groups excluding carboxylic acids is 2. The quantitative estimate of drug-likeness (QED) is 0.0664. The monoisotopic (exact) mass is 865 g/mol. The molecular formula is C56H68N2O6. The van der Waals surface area contributed by atoms with Crippen molar-refractivity contribution in [2.75, 3.05) is 0 Å². The highest BCUT2D eigenvalue weighted by Crippen LogP contribution is 2.34. The van der Waals surface area contributed by atoms with Crippen molar-refractivity contribution in [2.24, 2.45) is 0 Å². The summed E-state index contributed by atoms with van der Waals surface area (Å²) >= 11 is 0. The molecule has 5 aromatic rings. The van der Waals surface area contributed by atoms with E-state index in [4.69, 9.17) is 9.47 Å². The summed E-state index contributed by atoms with van der Waals surface area (Å²) in [6.45, 7) is 10.9. The van der Waals surface area contributed by atoms with E-state index in [2.05, 4.69) is 61.8 Å². The average Bonchev–Trinajstić information content (AvgIpc) is 3.33. The number of rotatable bonds is 18. The summed E-state index contributed by atoms with van der Waals surface area (Å²) in [7, 11) is 0. The number of ether oxygens (including phenoxy) is 2. The number of aryl methyl sites for hydroxylation is 4. The van der Waals surface area contributed by atoms with Crippen LogP contribution in [-0.2, 0) is 51.9 Å². The summed E-state index contributed by atoms with van der Waals surface area (Å²) < 4.78 is 12.3. The van der Waals surface area contributed by atoms with E-state index in [1.807, 2.05) is 36.4 Å². The van der Waals surface area contributed by atoms with E-state index < -0.39 is 11.9 Å². The van der Waals surface area contributed by atoms with Crippen molar-refractivity contribution >= 4 is 11.9 Å². The molecule has 64 heavy (non-hydrogen) atoms. The lowest BCUT2D eigenvalue weighted by Crippen LogP contribution is -2.36. The minimum Gasteiger partial charge on any atom is -0.508 e. The first-order valence-corrected chi connectivity index (χ1v) is 24.0. The van der Waals surface area contributed by atoms with Crippen LogP contribution >= 0.6 is 0 Å². The Morgan fingerprint density at radius 1 is 0.453 bits per heavy atom. The van der Waals surface area contributed by atoms with E-state index in [1.54, 1.807) is 36.4 Å². The molecule has 2 saturated carbocycles. The predicted molar refractivity (Wildman–Crippen MR) is 255 cm³/mol. The number of esters is 2. The van der Waals surface area contributed by atoms with Crippen molar-refractivity contribution in [3.8, 4) is 23.0 Å². The highest BCUT2D eigenvalue weighted by Gasteiger charge is 2.27. The van der Waals surface area contributed by atoms with E-state index in [1.165, 1.54) is 49.7 Å². The van der Waals surface area contributed by atoms with Gasteiger partial charge in [0.25, 0.3) is 0 Å². The van der Waals surface area contributed by atoms with Crippen LogP contribution < -0.4 is 9.47 Å². The van der Waals surface area contributed by atoms with Crippen LogP contribution in [0.1, 0.15) is 157 Å². The standard InChI is InChI=1S/C56H68N2O6/c1-5-39-19-27-51(59)45(31-39)35-57(49-15-11-9-12-16-49)37-47-33-41(7-3)21-29-53(47)63-55(61)43-23-25-44(26-24-43)56(62)64-54-30-22-42(8-4)34-48(54)38-58(50-17-13-10-14-18-50)36-46-32-40(6-2)20-28-52(46)60/h19-34,49-50,59-60H,5-18,35-38H2,1-4H3. The zero-order valence-electron chi connectivity index (χ0n) is 38.5. The van der Waals surface area contributed by atoms with Crippen LogP contribution in [0.5, 0.6) is 23.0 Å². The molecule has 0 amide bonds. The van der Waals surface area contributed by atoms with Gasteiger partial charge in [0.2, 0.25) is 0 Å². The summed E-state index contributed by atoms with van der Waals surface area (Å²) in [6.07, 6.45) is 15.0. The number of phenolic OH excluding ortho intramolecular Hbond substituents is 2. The third kappa shape index (κ3) is 12.0. The van der Waals surface area contributed by atoms with Crippen LogP contribution in [0, 0.1) is 0 Å². The molecule has 5 aromatic carbocycles. The molecule has 0 unspecified atom stereocenters. The first-order chi connectivity index (χ1) is 31.1. The summed E-state index contributed by atoms with van der Waals surface area (Å²) in [6, 6.07) is 31.1. The molecule has 2 fully saturated rings. The van der Waals surface area contributed by atoms with Gasteiger partial charge in [-0.3, -0.25) is 9.80 Å². The van der Waals surface area contributed by atoms with Gasteiger partial charge in [-0.1, -0.05) is 115 Å². The molecule has 8 heteroatoms. The zero-order chi connectivity index (χ0) is 45.0. The average molecular weight is 865 g/mol. The van der Waals surface area contributed by atoms with E-state index in [9.17, 15) is 19.8 Å². The maximum atomic E-state index is 13.8. The largest absolute Gasteiger partial charge is 0.508 e. The number of carbonyl (C=O) groups is 2. The molecule has 0 saturated heterocycles. The van der Waals surface area contributed by atoms with Crippen molar-refractivity contribution in [3.05, 3.63) is 153 Å². The minimum atomic E-state index is -0.501. The third-order valence-electron chi connectivity index (χ3n) is 13.6. The van der Waals surface area contributed by atoms with E-state index >= 15 is 0 Å². The van der Waals surface area contributed by atoms with Crippen LogP contribution in [0.2, 0.25) is 0 Å². The summed E-state index contributed by atoms with van der Waals surface area (Å²) in [5.41, 5.74) is 9.07. The maximum Gasteiger partial charge on any atom is 0.343 e. The van der Waals surface area contributed by atoms with Gasteiger partial charge in [0.05, 0.1) is 11.1 Å². The first kappa shape index (κ1) is 46.5. The lowest BCUT2D eigenvalue weighted by atomic mass is 9.93. The second kappa shape index (κ2) is 22.5. The lowest BCUT2D eigenvalue weighted by Gasteiger charge is -2.35. The van der Waals surface area contributed by atoms with E-state index in [0.717, 1.165) is 84.7 Å². The number of benzene rings is 5. The molecule has 0 aromatic heterocycles. The molecule has 0 bridgehead atoms. The van der Waals surface area contributed by atoms with Gasteiger partial charge in [-0.15, -0.1) is 0 Å². The van der Waals surface area contributed by atoms with Crippen molar-refractivity contribution in [1.29, 1.82) is 0 Å². The number of phenols is 2. The normalized spacial score (nSPS) is 14.8. The topological polar surface area (TPSA) is 99.5 Å². The van der Waals surface area contributed by atoms with Crippen molar-refractivity contribution in [3.63, 3.8) is 0 Å². The minimum absolute atomic E-state index is 0.307. The number of nitrogens with zero attached hydrogens (tertiary/aromatic N) is 2. The Labute approximate surface area is 381 Å². The maximum absolute atomic E-state index is 13.8. The number of aromatic hydroxyl groups is 2. The van der Waals surface area contributed by atoms with Crippen molar-refractivity contribution in [1.82, 2.24) is 9.80 Å². The summed E-state index contributed by atoms with van der Waals surface area (Å²) in [5, 5.41) is 21.8. The summed E-state index contributed by atoms with van der Waals surface area (Å²) in [4.78, 5) is 32.5. The fourth-order valence-corrected chi connectivity index (χ4v) is 9.58. The molecule has 0 spiro atoms. The Balaban J connectivity index is 1.07. The highest BCUT2D eigenvalue weighted by atomic mass is 16.5. The number of hydrogen-bond donors (Lipinski definition) is 2. The molecular weight excluding hydrogens is 797 g/mol. The van der Waals surface area contributed by atoms with Crippen LogP contribution in [0.15, 0.2) is 97.1 Å². The van der Waals surface area contributed by atoms with Gasteiger partial charge < -0.3 is 19.7 Å². The van der Waals surface area contributed by atoms with Crippen LogP contribution in [0.3, 0.4) is 0 Å². The Bertz CT molecular complexity index is 2180. The molecule has 8 nitrogen and oxygen atoms in total. The molecule has 0 radical (unpaired) electrons. The number of hydrogen-bond acceptors (Lipinski definition) is 8. The Morgan fingerprint density at radius 2 is 0.766 bits per heavy atom. The Morgan fingerprint density at radius 3 is 1.11 bits per heavy atom. The predicted octanol–water partition coefficient (Wildman–Crippen LogP) is 12.5. The first-order valence-electron chi connectivity index (χ1n) is 24.0. The second-order valence-corrected chi connectivity index (χ2v) is 18.0. The van der Waals surface area contributed by atoms with Gasteiger partial charge >= 0.3 is 11.9 Å². The van der Waals surface area contributed by atoms with Crippen LogP contribution in [0.25, 0.3) is 0 Å². The molecule has 0 aliphatic heterocycles. The molecule has 2 aliphatic carbocycles. The van der Waals surface area contributed by atoms with Gasteiger partial charge in [-0.2, -0.15) is 0 Å². The van der Waals surface area contributed by atoms with Crippen LogP contribution in [0.4, 0.5) is 0 Å². The zero-order valence-corrected chi connectivity index (χ0v) is 38.5. The Kier molecular flexibility index (Phi) is 16.3. The highest BCUT2D eigenvalue weighted by molar-refractivity contribution is 5.95. The third-order valence-corrected chi connectivity index (χ3v) is 13.6. The van der Waals surface area contributed by atoms with Gasteiger partial charge in [0.1, 0.15) is 23.0 Å².